The van der Waals surface area contributed by atoms with E-state index >= 15 is 0 Å². The standard InChI is InChI=1S/C13H13ClN2O2S/c1-8-6-9(14)2-4-11(8)16-13-15-10(7-19-13)3-5-12(17)18/h2,4,6-7H,3,5H2,1H3,(H,15,16)(H,17,18). The lowest BCUT2D eigenvalue weighted by Crippen LogP contribution is -1.98. The smallest absolute Gasteiger partial charge is 0.303 e. The number of carboxylic acid groups (broad SMARTS) is 1. The lowest BCUT2D eigenvalue weighted by atomic mass is 10.2. The summed E-state index contributed by atoms with van der Waals surface area (Å²) in [6.07, 6.45) is 0.552. The number of nitrogens with one attached hydrogen (secondary N) is 1. The van der Waals surface area contributed by atoms with E-state index in [1.54, 1.807) is 0 Å². The van der Waals surface area contributed by atoms with E-state index in [4.69, 9.17) is 16.7 Å². The molecule has 0 bridgehead atoms. The molecule has 0 amide bonds. The molecule has 0 aliphatic rings. The number of aryl methyl sites for hydroxylation is 2. The summed E-state index contributed by atoms with van der Waals surface area (Å²) in [6, 6.07) is 5.59. The molecule has 0 fully saturated rings. The second-order valence-corrected chi connectivity index (χ2v) is 5.42. The normalized spacial score (nSPS) is 10.4. The van der Waals surface area contributed by atoms with Crippen LogP contribution in [0.2, 0.25) is 5.02 Å². The molecular formula is C13H13ClN2O2S. The number of anilines is 2. The Balaban J connectivity index is 2.05. The monoisotopic (exact) mass is 296 g/mol. The fraction of sp³-hybridized carbons (Fsp3) is 0.231. The zero-order valence-electron chi connectivity index (χ0n) is 10.3. The van der Waals surface area contributed by atoms with Crippen LogP contribution in [0.15, 0.2) is 23.6 Å². The maximum atomic E-state index is 10.5. The van der Waals surface area contributed by atoms with Crippen LogP contribution in [-0.2, 0) is 11.2 Å². The minimum absolute atomic E-state index is 0.100. The molecule has 0 unspecified atom stereocenters. The van der Waals surface area contributed by atoms with Crippen LogP contribution in [0.3, 0.4) is 0 Å². The molecule has 2 rings (SSSR count). The minimum Gasteiger partial charge on any atom is -0.481 e. The third-order valence-electron chi connectivity index (χ3n) is 2.58. The highest BCUT2D eigenvalue weighted by Gasteiger charge is 2.06. The Kier molecular flexibility index (Phi) is 4.39. The van der Waals surface area contributed by atoms with E-state index in [-0.39, 0.29) is 6.42 Å². The molecule has 0 atom stereocenters. The Hall–Kier alpha value is -1.59. The van der Waals surface area contributed by atoms with Crippen LogP contribution in [-0.4, -0.2) is 16.1 Å². The van der Waals surface area contributed by atoms with Crippen LogP contribution < -0.4 is 5.32 Å². The van der Waals surface area contributed by atoms with E-state index in [1.807, 2.05) is 30.5 Å². The van der Waals surface area contributed by atoms with Crippen LogP contribution in [0, 0.1) is 6.92 Å². The van der Waals surface area contributed by atoms with E-state index in [9.17, 15) is 4.79 Å². The predicted octanol–water partition coefficient (Wildman–Crippen LogP) is 3.87. The summed E-state index contributed by atoms with van der Waals surface area (Å²) >= 11 is 7.36. The van der Waals surface area contributed by atoms with Crippen molar-refractivity contribution in [2.24, 2.45) is 0 Å². The molecule has 2 aromatic rings. The van der Waals surface area contributed by atoms with Crippen LogP contribution in [0.5, 0.6) is 0 Å². The van der Waals surface area contributed by atoms with Crippen LogP contribution in [0.1, 0.15) is 17.7 Å². The molecule has 1 aromatic heterocycles. The fourth-order valence-corrected chi connectivity index (χ4v) is 2.58. The van der Waals surface area contributed by atoms with Crippen molar-refractivity contribution in [3.63, 3.8) is 0 Å². The number of aliphatic carboxylic acids is 1. The first kappa shape index (κ1) is 13.8. The molecule has 0 radical (unpaired) electrons. The molecular weight excluding hydrogens is 284 g/mol. The molecule has 0 aliphatic carbocycles. The zero-order chi connectivity index (χ0) is 13.8. The largest absolute Gasteiger partial charge is 0.481 e. The lowest BCUT2D eigenvalue weighted by molar-refractivity contribution is -0.136. The van der Waals surface area contributed by atoms with Crippen molar-refractivity contribution in [2.45, 2.75) is 19.8 Å². The first-order valence-electron chi connectivity index (χ1n) is 5.74. The van der Waals surface area contributed by atoms with Crippen molar-refractivity contribution < 1.29 is 9.90 Å². The number of aromatic nitrogens is 1. The molecule has 1 aromatic carbocycles. The van der Waals surface area contributed by atoms with E-state index in [1.165, 1.54) is 11.3 Å². The van der Waals surface area contributed by atoms with E-state index in [0.717, 1.165) is 22.1 Å². The van der Waals surface area contributed by atoms with E-state index in [2.05, 4.69) is 10.3 Å². The second kappa shape index (κ2) is 6.04. The van der Waals surface area contributed by atoms with Crippen LogP contribution in [0.4, 0.5) is 10.8 Å². The molecule has 0 aliphatic heterocycles. The Morgan fingerprint density at radius 3 is 3.00 bits per heavy atom. The Bertz CT molecular complexity index is 598. The first-order chi connectivity index (χ1) is 9.04. The van der Waals surface area contributed by atoms with Gasteiger partial charge in [0.25, 0.3) is 0 Å². The highest BCUT2D eigenvalue weighted by atomic mass is 35.5. The van der Waals surface area contributed by atoms with Crippen LogP contribution in [0.25, 0.3) is 0 Å². The Morgan fingerprint density at radius 2 is 2.32 bits per heavy atom. The number of benzene rings is 1. The van der Waals surface area contributed by atoms with E-state index < -0.39 is 5.97 Å². The van der Waals surface area contributed by atoms with Gasteiger partial charge in [0.1, 0.15) is 0 Å². The summed E-state index contributed by atoms with van der Waals surface area (Å²) in [4.78, 5) is 14.8. The zero-order valence-corrected chi connectivity index (χ0v) is 11.9. The van der Waals surface area contributed by atoms with Crippen molar-refractivity contribution in [1.82, 2.24) is 4.98 Å². The van der Waals surface area contributed by atoms with E-state index in [0.29, 0.717) is 11.4 Å². The number of nitrogens with zero attached hydrogens (tertiary/aromatic N) is 1. The molecule has 19 heavy (non-hydrogen) atoms. The van der Waals surface area contributed by atoms with Gasteiger partial charge in [-0.25, -0.2) is 4.98 Å². The van der Waals surface area contributed by atoms with Gasteiger partial charge in [0.05, 0.1) is 12.1 Å². The van der Waals surface area contributed by atoms with Crippen molar-refractivity contribution in [3.05, 3.63) is 39.9 Å². The molecule has 100 valence electrons. The van der Waals surface area contributed by atoms with Gasteiger partial charge in [-0.05, 0) is 30.7 Å². The average Bonchev–Trinajstić information content (AvgIpc) is 2.78. The molecule has 0 saturated carbocycles. The van der Waals surface area contributed by atoms with Crippen molar-refractivity contribution in [3.8, 4) is 0 Å². The van der Waals surface area contributed by atoms with Crippen molar-refractivity contribution in [1.29, 1.82) is 0 Å². The molecule has 2 N–H and O–H groups in total. The summed E-state index contributed by atoms with van der Waals surface area (Å²) in [6.45, 7) is 1.97. The summed E-state index contributed by atoms with van der Waals surface area (Å²) < 4.78 is 0. The number of hydrogen-bond donors (Lipinski definition) is 2. The van der Waals surface area contributed by atoms with Gasteiger partial charge < -0.3 is 10.4 Å². The minimum atomic E-state index is -0.809. The molecule has 0 saturated heterocycles. The van der Waals surface area contributed by atoms with Gasteiger partial charge in [-0.15, -0.1) is 11.3 Å². The highest BCUT2D eigenvalue weighted by molar-refractivity contribution is 7.13. The van der Waals surface area contributed by atoms with Crippen molar-refractivity contribution >= 4 is 39.7 Å². The maximum Gasteiger partial charge on any atom is 0.303 e. The summed E-state index contributed by atoms with van der Waals surface area (Å²) in [5, 5.41) is 15.2. The molecule has 6 heteroatoms. The number of thiazole rings is 1. The first-order valence-corrected chi connectivity index (χ1v) is 7.00. The Labute approximate surface area is 120 Å². The number of halogens is 1. The maximum absolute atomic E-state index is 10.5. The molecule has 1 heterocycles. The molecule has 4 nitrogen and oxygen atoms in total. The lowest BCUT2D eigenvalue weighted by Gasteiger charge is -2.06. The van der Waals surface area contributed by atoms with Gasteiger partial charge in [-0.2, -0.15) is 0 Å². The molecule has 0 spiro atoms. The number of carbonyl (C=O) groups is 1. The topological polar surface area (TPSA) is 62.2 Å². The highest BCUT2D eigenvalue weighted by Crippen LogP contribution is 2.25. The number of hydrogen-bond acceptors (Lipinski definition) is 4. The Morgan fingerprint density at radius 1 is 1.53 bits per heavy atom. The van der Waals surface area contributed by atoms with Gasteiger partial charge in [0.2, 0.25) is 0 Å². The second-order valence-electron chi connectivity index (χ2n) is 4.12. The fourth-order valence-electron chi connectivity index (χ4n) is 1.60. The van der Waals surface area contributed by atoms with Gasteiger partial charge in [0, 0.05) is 22.5 Å². The summed E-state index contributed by atoms with van der Waals surface area (Å²) in [5.41, 5.74) is 2.78. The third kappa shape index (κ3) is 3.94. The number of carboxylic acids is 1. The quantitative estimate of drug-likeness (QED) is 0.879. The SMILES string of the molecule is Cc1cc(Cl)ccc1Nc1nc(CCC(=O)O)cs1. The third-order valence-corrected chi connectivity index (χ3v) is 3.62. The van der Waals surface area contributed by atoms with Gasteiger partial charge in [-0.1, -0.05) is 11.6 Å². The predicted molar refractivity (Wildman–Crippen MR) is 77.5 cm³/mol. The summed E-state index contributed by atoms with van der Waals surface area (Å²) in [5.74, 6) is -0.809. The van der Waals surface area contributed by atoms with Crippen LogP contribution >= 0.6 is 22.9 Å². The van der Waals surface area contributed by atoms with Gasteiger partial charge in [-0.3, -0.25) is 4.79 Å². The summed E-state index contributed by atoms with van der Waals surface area (Å²) in [7, 11) is 0. The number of rotatable bonds is 5. The van der Waals surface area contributed by atoms with Gasteiger partial charge in [0.15, 0.2) is 5.13 Å². The average molecular weight is 297 g/mol. The van der Waals surface area contributed by atoms with Gasteiger partial charge >= 0.3 is 5.97 Å². The van der Waals surface area contributed by atoms with Crippen molar-refractivity contribution in [2.75, 3.05) is 5.32 Å².